The van der Waals surface area contributed by atoms with Crippen molar-refractivity contribution < 1.29 is 0 Å². The fraction of sp³-hybridized carbons (Fsp3) is 0.160. The van der Waals surface area contributed by atoms with Crippen molar-refractivity contribution in [1.82, 2.24) is 19.5 Å². The first-order valence-electron chi connectivity index (χ1n) is 10.5. The number of benzene rings is 2. The van der Waals surface area contributed by atoms with Crippen LogP contribution < -0.4 is 10.9 Å². The highest BCUT2D eigenvalue weighted by Crippen LogP contribution is 2.21. The molecule has 0 unspecified atom stereocenters. The van der Waals surface area contributed by atoms with Crippen LogP contribution in [0.3, 0.4) is 0 Å². The Morgan fingerprint density at radius 1 is 1.03 bits per heavy atom. The highest BCUT2D eigenvalue weighted by Gasteiger charge is 2.12. The van der Waals surface area contributed by atoms with Crippen molar-refractivity contribution >= 4 is 33.6 Å². The second-order valence-electron chi connectivity index (χ2n) is 7.67. The SMILES string of the molecule is CCCn1c(=O)c(Cc2ccccc2)cc2cnc(Nc3ccc4cc[nH]c4c3)nc21. The van der Waals surface area contributed by atoms with Gasteiger partial charge in [0.05, 0.1) is 0 Å². The molecule has 0 saturated carbocycles. The Kier molecular flexibility index (Phi) is 4.96. The maximum absolute atomic E-state index is 13.2. The van der Waals surface area contributed by atoms with Gasteiger partial charge < -0.3 is 10.3 Å². The van der Waals surface area contributed by atoms with Gasteiger partial charge in [-0.1, -0.05) is 43.3 Å². The van der Waals surface area contributed by atoms with Gasteiger partial charge in [-0.2, -0.15) is 4.98 Å². The summed E-state index contributed by atoms with van der Waals surface area (Å²) >= 11 is 0. The standard InChI is InChI=1S/C25H23N5O/c1-2-12-30-23-20(14-19(24(30)31)13-17-6-4-3-5-7-17)16-27-25(29-23)28-21-9-8-18-10-11-26-22(18)15-21/h3-11,14-16,26H,2,12-13H2,1H3,(H,27,28,29). The van der Waals surface area contributed by atoms with Crippen LogP contribution in [0, 0.1) is 0 Å². The van der Waals surface area contributed by atoms with Crippen LogP contribution in [0.2, 0.25) is 0 Å². The Morgan fingerprint density at radius 3 is 2.74 bits per heavy atom. The number of nitrogens with zero attached hydrogens (tertiary/aromatic N) is 3. The van der Waals surface area contributed by atoms with Crippen LogP contribution in [0.1, 0.15) is 24.5 Å². The van der Waals surface area contributed by atoms with E-state index in [2.05, 4.69) is 22.2 Å². The van der Waals surface area contributed by atoms with E-state index >= 15 is 0 Å². The number of rotatable bonds is 6. The minimum Gasteiger partial charge on any atom is -0.361 e. The molecule has 31 heavy (non-hydrogen) atoms. The van der Waals surface area contributed by atoms with Crippen LogP contribution >= 0.6 is 0 Å². The summed E-state index contributed by atoms with van der Waals surface area (Å²) < 4.78 is 1.77. The van der Waals surface area contributed by atoms with Crippen molar-refractivity contribution in [3.8, 4) is 0 Å². The highest BCUT2D eigenvalue weighted by molar-refractivity contribution is 5.84. The van der Waals surface area contributed by atoms with Crippen LogP contribution in [-0.2, 0) is 13.0 Å². The van der Waals surface area contributed by atoms with Crippen molar-refractivity contribution in [2.24, 2.45) is 0 Å². The number of aromatic nitrogens is 4. The van der Waals surface area contributed by atoms with Gasteiger partial charge in [-0.15, -0.1) is 0 Å². The van der Waals surface area contributed by atoms with Crippen LogP contribution in [0.5, 0.6) is 0 Å². The van der Waals surface area contributed by atoms with E-state index in [-0.39, 0.29) is 5.56 Å². The summed E-state index contributed by atoms with van der Waals surface area (Å²) in [5, 5.41) is 5.27. The Bertz CT molecular complexity index is 1420. The molecule has 0 radical (unpaired) electrons. The maximum Gasteiger partial charge on any atom is 0.255 e. The second kappa shape index (κ2) is 8.07. The molecule has 0 saturated heterocycles. The van der Waals surface area contributed by atoms with Gasteiger partial charge >= 0.3 is 0 Å². The van der Waals surface area contributed by atoms with Gasteiger partial charge in [-0.05, 0) is 41.6 Å². The molecule has 0 aliphatic carbocycles. The smallest absolute Gasteiger partial charge is 0.255 e. The quantitative estimate of drug-likeness (QED) is 0.413. The lowest BCUT2D eigenvalue weighted by Gasteiger charge is -2.13. The molecule has 5 aromatic rings. The predicted molar refractivity (Wildman–Crippen MR) is 125 cm³/mol. The highest BCUT2D eigenvalue weighted by atomic mass is 16.1. The van der Waals surface area contributed by atoms with Gasteiger partial charge in [0.2, 0.25) is 5.95 Å². The maximum atomic E-state index is 13.2. The van der Waals surface area contributed by atoms with Gasteiger partial charge in [0.15, 0.2) is 0 Å². The van der Waals surface area contributed by atoms with Gasteiger partial charge in [0.25, 0.3) is 5.56 Å². The van der Waals surface area contributed by atoms with E-state index in [1.54, 1.807) is 10.8 Å². The minimum atomic E-state index is 0.00987. The number of anilines is 2. The predicted octanol–water partition coefficient (Wildman–Crippen LogP) is 5.02. The lowest BCUT2D eigenvalue weighted by Crippen LogP contribution is -2.25. The summed E-state index contributed by atoms with van der Waals surface area (Å²) in [6.07, 6.45) is 5.14. The number of pyridine rings is 1. The molecule has 6 nitrogen and oxygen atoms in total. The number of aryl methyl sites for hydroxylation is 1. The molecule has 154 valence electrons. The fourth-order valence-corrected chi connectivity index (χ4v) is 3.91. The molecule has 5 rings (SSSR count). The van der Waals surface area contributed by atoms with E-state index in [9.17, 15) is 4.79 Å². The summed E-state index contributed by atoms with van der Waals surface area (Å²) in [6.45, 7) is 2.68. The third-order valence-electron chi connectivity index (χ3n) is 5.40. The van der Waals surface area contributed by atoms with E-state index in [0.717, 1.165) is 39.5 Å². The summed E-state index contributed by atoms with van der Waals surface area (Å²) in [6, 6.07) is 20.0. The number of H-pyrrole nitrogens is 1. The zero-order valence-corrected chi connectivity index (χ0v) is 17.3. The van der Waals surface area contributed by atoms with Crippen LogP contribution in [-0.4, -0.2) is 19.5 Å². The number of hydrogen-bond acceptors (Lipinski definition) is 4. The number of hydrogen-bond donors (Lipinski definition) is 2. The lowest BCUT2D eigenvalue weighted by atomic mass is 10.1. The molecule has 0 fully saturated rings. The zero-order chi connectivity index (χ0) is 21.2. The summed E-state index contributed by atoms with van der Waals surface area (Å²) in [4.78, 5) is 25.6. The molecular formula is C25H23N5O. The van der Waals surface area contributed by atoms with Crippen molar-refractivity contribution in [3.05, 3.63) is 94.5 Å². The first kappa shape index (κ1) is 19.1. The molecule has 0 atom stereocenters. The minimum absolute atomic E-state index is 0.00987. The van der Waals surface area contributed by atoms with Crippen molar-refractivity contribution in [1.29, 1.82) is 0 Å². The van der Waals surface area contributed by atoms with E-state index in [1.165, 1.54) is 0 Å². The summed E-state index contributed by atoms with van der Waals surface area (Å²) in [5.41, 5.74) is 4.46. The Labute approximate surface area is 179 Å². The Morgan fingerprint density at radius 2 is 1.90 bits per heavy atom. The number of nitrogens with one attached hydrogen (secondary N) is 2. The third kappa shape index (κ3) is 3.80. The van der Waals surface area contributed by atoms with Gasteiger partial charge in [0.1, 0.15) is 5.65 Å². The topological polar surface area (TPSA) is 75.6 Å². The molecule has 2 N–H and O–H groups in total. The molecular weight excluding hydrogens is 386 g/mol. The third-order valence-corrected chi connectivity index (χ3v) is 5.40. The largest absolute Gasteiger partial charge is 0.361 e. The van der Waals surface area contributed by atoms with Gasteiger partial charge in [-0.3, -0.25) is 9.36 Å². The summed E-state index contributed by atoms with van der Waals surface area (Å²) in [5.74, 6) is 0.471. The molecule has 0 spiro atoms. The van der Waals surface area contributed by atoms with Crippen molar-refractivity contribution in [2.75, 3.05) is 5.32 Å². The van der Waals surface area contributed by atoms with E-state index in [1.807, 2.05) is 66.9 Å². The molecule has 2 aromatic carbocycles. The van der Waals surface area contributed by atoms with Gasteiger partial charge in [0, 0.05) is 47.5 Å². The molecule has 0 amide bonds. The number of fused-ring (bicyclic) bond motifs is 2. The Balaban J connectivity index is 1.54. The van der Waals surface area contributed by atoms with Crippen molar-refractivity contribution in [2.45, 2.75) is 26.3 Å². The normalized spacial score (nSPS) is 11.3. The lowest BCUT2D eigenvalue weighted by molar-refractivity contribution is 0.666. The second-order valence-corrected chi connectivity index (χ2v) is 7.67. The molecule has 3 aromatic heterocycles. The summed E-state index contributed by atoms with van der Waals surface area (Å²) in [7, 11) is 0. The molecule has 0 aliphatic heterocycles. The molecule has 0 aliphatic rings. The first-order chi connectivity index (χ1) is 15.2. The zero-order valence-electron chi connectivity index (χ0n) is 17.3. The number of aromatic amines is 1. The average Bonchev–Trinajstić information content (AvgIpc) is 3.26. The van der Waals surface area contributed by atoms with E-state index in [4.69, 9.17) is 4.98 Å². The van der Waals surface area contributed by atoms with Crippen LogP contribution in [0.25, 0.3) is 21.9 Å². The van der Waals surface area contributed by atoms with Crippen molar-refractivity contribution in [3.63, 3.8) is 0 Å². The van der Waals surface area contributed by atoms with Gasteiger partial charge in [-0.25, -0.2) is 4.98 Å². The van der Waals surface area contributed by atoms with E-state index in [0.29, 0.717) is 24.6 Å². The van der Waals surface area contributed by atoms with E-state index < -0.39 is 0 Å². The first-order valence-corrected chi connectivity index (χ1v) is 10.5. The van der Waals surface area contributed by atoms with Crippen LogP contribution in [0.15, 0.2) is 77.9 Å². The molecule has 3 heterocycles. The van der Waals surface area contributed by atoms with Crippen LogP contribution in [0.4, 0.5) is 11.6 Å². The fourth-order valence-electron chi connectivity index (χ4n) is 3.91. The molecule has 0 bridgehead atoms. The molecule has 6 heteroatoms. The monoisotopic (exact) mass is 409 g/mol. The Hall–Kier alpha value is -3.93. The average molecular weight is 409 g/mol.